The van der Waals surface area contributed by atoms with Gasteiger partial charge in [-0.1, -0.05) is 49.9 Å². The van der Waals surface area contributed by atoms with Crippen LogP contribution in [0.4, 0.5) is 0 Å². The highest BCUT2D eigenvalue weighted by Gasteiger charge is 2.43. The number of carbonyl (C=O) groups excluding carboxylic acids is 2. The van der Waals surface area contributed by atoms with E-state index in [1.54, 1.807) is 16.2 Å². The highest BCUT2D eigenvalue weighted by molar-refractivity contribution is 7.10. The Labute approximate surface area is 164 Å². The number of hydrogen-bond acceptors (Lipinski definition) is 3. The van der Waals surface area contributed by atoms with E-state index < -0.39 is 0 Å². The molecule has 1 saturated carbocycles. The molecule has 1 aliphatic carbocycles. The smallest absolute Gasteiger partial charge is 0.254 e. The largest absolute Gasteiger partial charge is 0.353 e. The summed E-state index contributed by atoms with van der Waals surface area (Å²) in [6, 6.07) is 11.6. The average molecular weight is 383 g/mol. The molecule has 1 aromatic heterocycles. The van der Waals surface area contributed by atoms with Crippen molar-refractivity contribution in [2.75, 3.05) is 7.05 Å². The van der Waals surface area contributed by atoms with Crippen molar-refractivity contribution in [3.8, 4) is 0 Å². The molecule has 0 bridgehead atoms. The van der Waals surface area contributed by atoms with Gasteiger partial charge in [-0.2, -0.15) is 0 Å². The Balaban J connectivity index is 1.70. The van der Waals surface area contributed by atoms with E-state index in [0.29, 0.717) is 5.56 Å². The van der Waals surface area contributed by atoms with Gasteiger partial charge in [0.2, 0.25) is 5.91 Å². The summed E-state index contributed by atoms with van der Waals surface area (Å²) in [5.41, 5.74) is 1.50. The Kier molecular flexibility index (Phi) is 5.30. The number of nitrogens with one attached hydrogen (secondary N) is 1. The highest BCUT2D eigenvalue weighted by atomic mass is 32.1. The Bertz CT molecular complexity index is 809. The molecular weight excluding hydrogens is 356 g/mol. The molecule has 1 fully saturated rings. The first-order chi connectivity index (χ1) is 13.2. The molecule has 2 heterocycles. The normalized spacial score (nSPS) is 23.6. The van der Waals surface area contributed by atoms with Crippen LogP contribution in [0.5, 0.6) is 0 Å². The molecule has 1 aliphatic heterocycles. The van der Waals surface area contributed by atoms with Gasteiger partial charge in [0.25, 0.3) is 5.91 Å². The van der Waals surface area contributed by atoms with Crippen LogP contribution in [0, 0.1) is 0 Å². The zero-order valence-electron chi connectivity index (χ0n) is 15.7. The topological polar surface area (TPSA) is 49.4 Å². The molecule has 27 heavy (non-hydrogen) atoms. The minimum absolute atomic E-state index is 0.0116. The van der Waals surface area contributed by atoms with Gasteiger partial charge in [0.15, 0.2) is 0 Å². The lowest BCUT2D eigenvalue weighted by atomic mass is 9.81. The third-order valence-corrected chi connectivity index (χ3v) is 6.84. The van der Waals surface area contributed by atoms with Crippen molar-refractivity contribution < 1.29 is 9.59 Å². The zero-order chi connectivity index (χ0) is 18.8. The number of nitrogens with zero attached hydrogens (tertiary/aromatic N) is 1. The standard InChI is InChI=1S/C22H26N2O2S/c1-24-20(18-13-8-14-27-18)19(16-11-6-7-12-17(16)22(24)26)21(25)23-15-9-4-2-3-5-10-15/h6-8,11-15,19-20H,2-5,9-10H2,1H3,(H,23,25)/t19-,20-/m1/s1. The maximum absolute atomic E-state index is 13.5. The van der Waals surface area contributed by atoms with E-state index in [4.69, 9.17) is 0 Å². The number of thiophene rings is 1. The minimum atomic E-state index is -0.370. The number of benzene rings is 1. The number of hydrogen-bond donors (Lipinski definition) is 1. The van der Waals surface area contributed by atoms with Gasteiger partial charge in [-0.05, 0) is 35.9 Å². The molecular formula is C22H26N2O2S. The van der Waals surface area contributed by atoms with Crippen LogP contribution in [0.2, 0.25) is 0 Å². The number of amides is 2. The van der Waals surface area contributed by atoms with Crippen molar-refractivity contribution in [3.05, 3.63) is 57.8 Å². The molecule has 0 saturated heterocycles. The van der Waals surface area contributed by atoms with Crippen molar-refractivity contribution in [1.82, 2.24) is 10.2 Å². The monoisotopic (exact) mass is 382 g/mol. The van der Waals surface area contributed by atoms with Crippen molar-refractivity contribution in [3.63, 3.8) is 0 Å². The van der Waals surface area contributed by atoms with E-state index in [0.717, 1.165) is 23.3 Å². The molecule has 2 aliphatic rings. The number of carbonyl (C=O) groups is 2. The molecule has 4 nitrogen and oxygen atoms in total. The molecule has 0 spiro atoms. The second kappa shape index (κ2) is 7.85. The van der Waals surface area contributed by atoms with E-state index in [2.05, 4.69) is 5.32 Å². The predicted molar refractivity (Wildman–Crippen MR) is 108 cm³/mol. The van der Waals surface area contributed by atoms with E-state index >= 15 is 0 Å². The number of rotatable bonds is 3. The summed E-state index contributed by atoms with van der Waals surface area (Å²) >= 11 is 1.61. The molecule has 4 rings (SSSR count). The molecule has 142 valence electrons. The van der Waals surface area contributed by atoms with Gasteiger partial charge >= 0.3 is 0 Å². The lowest BCUT2D eigenvalue weighted by molar-refractivity contribution is -0.124. The minimum Gasteiger partial charge on any atom is -0.353 e. The Hall–Kier alpha value is -2.14. The predicted octanol–water partition coefficient (Wildman–Crippen LogP) is 4.50. The first-order valence-electron chi connectivity index (χ1n) is 9.86. The van der Waals surface area contributed by atoms with Crippen LogP contribution in [-0.2, 0) is 4.79 Å². The fourth-order valence-corrected chi connectivity index (χ4v) is 5.39. The molecule has 0 radical (unpaired) electrons. The van der Waals surface area contributed by atoms with Gasteiger partial charge in [-0.15, -0.1) is 11.3 Å². The summed E-state index contributed by atoms with van der Waals surface area (Å²) in [6.07, 6.45) is 6.98. The average Bonchev–Trinajstić information content (AvgIpc) is 3.09. The lowest BCUT2D eigenvalue weighted by Gasteiger charge is -2.39. The van der Waals surface area contributed by atoms with Gasteiger partial charge < -0.3 is 10.2 Å². The summed E-state index contributed by atoms with van der Waals surface area (Å²) < 4.78 is 0. The van der Waals surface area contributed by atoms with E-state index in [1.165, 1.54) is 25.7 Å². The lowest BCUT2D eigenvalue weighted by Crippen LogP contribution is -2.47. The van der Waals surface area contributed by atoms with Crippen LogP contribution in [0.15, 0.2) is 41.8 Å². The first-order valence-corrected chi connectivity index (χ1v) is 10.7. The maximum Gasteiger partial charge on any atom is 0.254 e. The van der Waals surface area contributed by atoms with Crippen LogP contribution < -0.4 is 5.32 Å². The van der Waals surface area contributed by atoms with Crippen molar-refractivity contribution in [2.24, 2.45) is 0 Å². The van der Waals surface area contributed by atoms with Gasteiger partial charge in [0.1, 0.15) is 0 Å². The van der Waals surface area contributed by atoms with Gasteiger partial charge in [-0.25, -0.2) is 0 Å². The fraction of sp³-hybridized carbons (Fsp3) is 0.455. The second-order valence-electron chi connectivity index (χ2n) is 7.64. The van der Waals surface area contributed by atoms with E-state index in [1.807, 2.05) is 48.8 Å². The van der Waals surface area contributed by atoms with Crippen LogP contribution in [0.3, 0.4) is 0 Å². The SMILES string of the molecule is CN1C(=O)c2ccccc2[C@@H](C(=O)NC2CCCCCC2)[C@H]1c1cccs1. The Morgan fingerprint density at radius 1 is 1.07 bits per heavy atom. The van der Waals surface area contributed by atoms with Crippen LogP contribution >= 0.6 is 11.3 Å². The van der Waals surface area contributed by atoms with Crippen LogP contribution in [-0.4, -0.2) is 29.8 Å². The maximum atomic E-state index is 13.5. The zero-order valence-corrected chi connectivity index (χ0v) is 16.5. The fourth-order valence-electron chi connectivity index (χ4n) is 4.49. The summed E-state index contributed by atoms with van der Waals surface area (Å²) in [4.78, 5) is 29.2. The number of fused-ring (bicyclic) bond motifs is 1. The van der Waals surface area contributed by atoms with Gasteiger partial charge in [0.05, 0.1) is 12.0 Å². The molecule has 1 N–H and O–H groups in total. The summed E-state index contributed by atoms with van der Waals surface area (Å²) in [6.45, 7) is 0. The molecule has 2 atom stereocenters. The van der Waals surface area contributed by atoms with Crippen LogP contribution in [0.1, 0.15) is 71.3 Å². The molecule has 1 aromatic carbocycles. The second-order valence-corrected chi connectivity index (χ2v) is 8.62. The Morgan fingerprint density at radius 3 is 2.52 bits per heavy atom. The van der Waals surface area contributed by atoms with Crippen molar-refractivity contribution in [2.45, 2.75) is 56.5 Å². The third-order valence-electron chi connectivity index (χ3n) is 5.90. The van der Waals surface area contributed by atoms with Gasteiger partial charge in [-0.3, -0.25) is 9.59 Å². The highest BCUT2D eigenvalue weighted by Crippen LogP contribution is 2.43. The summed E-state index contributed by atoms with van der Waals surface area (Å²) in [7, 11) is 1.81. The quantitative estimate of drug-likeness (QED) is 0.795. The van der Waals surface area contributed by atoms with Crippen LogP contribution in [0.25, 0.3) is 0 Å². The summed E-state index contributed by atoms with van der Waals surface area (Å²) in [5.74, 6) is -0.333. The number of likely N-dealkylation sites (N-methyl/N-ethyl adjacent to an activating group) is 1. The molecule has 2 aromatic rings. The van der Waals surface area contributed by atoms with E-state index in [-0.39, 0.29) is 29.8 Å². The first kappa shape index (κ1) is 18.2. The summed E-state index contributed by atoms with van der Waals surface area (Å²) in [5, 5.41) is 5.33. The third kappa shape index (κ3) is 3.53. The Morgan fingerprint density at radius 2 is 1.81 bits per heavy atom. The van der Waals surface area contributed by atoms with Gasteiger partial charge in [0, 0.05) is 23.5 Å². The van der Waals surface area contributed by atoms with Crippen molar-refractivity contribution >= 4 is 23.2 Å². The molecule has 0 unspecified atom stereocenters. The van der Waals surface area contributed by atoms with E-state index in [9.17, 15) is 9.59 Å². The van der Waals surface area contributed by atoms with Crippen molar-refractivity contribution in [1.29, 1.82) is 0 Å². The molecule has 5 heteroatoms. The molecule has 2 amide bonds.